The van der Waals surface area contributed by atoms with Gasteiger partial charge in [0.2, 0.25) is 5.88 Å². The highest BCUT2D eigenvalue weighted by Gasteiger charge is 2.33. The number of aromatic nitrogens is 1. The number of halogens is 4. The minimum absolute atomic E-state index is 0.116. The van der Waals surface area contributed by atoms with Crippen LogP contribution in [0.15, 0.2) is 54.7 Å². The average Bonchev–Trinajstić information content (AvgIpc) is 2.68. The van der Waals surface area contributed by atoms with Crippen molar-refractivity contribution < 1.29 is 27.4 Å². The largest absolute Gasteiger partial charge is 0.478 e. The molecule has 0 spiro atoms. The first kappa shape index (κ1) is 20.7. The predicted octanol–water partition coefficient (Wildman–Crippen LogP) is 6.42. The van der Waals surface area contributed by atoms with Gasteiger partial charge in [-0.25, -0.2) is 4.98 Å². The quantitative estimate of drug-likeness (QED) is 0.431. The van der Waals surface area contributed by atoms with Crippen molar-refractivity contribution in [3.05, 3.63) is 70.9 Å². The summed E-state index contributed by atoms with van der Waals surface area (Å²) < 4.78 is 50.1. The lowest BCUT2D eigenvalue weighted by Crippen LogP contribution is -2.05. The van der Waals surface area contributed by atoms with Gasteiger partial charge in [-0.1, -0.05) is 11.6 Å². The zero-order valence-electron chi connectivity index (χ0n) is 15.2. The number of carbonyl (C=O) groups is 1. The first-order valence-electron chi connectivity index (χ1n) is 8.55. The first-order chi connectivity index (χ1) is 13.8. The summed E-state index contributed by atoms with van der Waals surface area (Å²) >= 11 is 5.77. The molecule has 0 N–H and O–H groups in total. The molecule has 0 atom stereocenters. The van der Waals surface area contributed by atoms with E-state index >= 15 is 0 Å². The van der Waals surface area contributed by atoms with Crippen LogP contribution in [0.2, 0.25) is 5.02 Å². The Balaban J connectivity index is 2.05. The van der Waals surface area contributed by atoms with Crippen molar-refractivity contribution in [1.82, 2.24) is 4.98 Å². The summed E-state index contributed by atoms with van der Waals surface area (Å²) in [7, 11) is 0. The number of carbonyl (C=O) groups excluding carboxylic acids is 1. The van der Waals surface area contributed by atoms with E-state index in [1.807, 2.05) is 6.92 Å². The molecule has 2 aromatic carbocycles. The highest BCUT2D eigenvalue weighted by Crippen LogP contribution is 2.40. The fraction of sp³-hybridized carbons (Fsp3) is 0.143. The molecular formula is C21H15ClF3NO3. The monoisotopic (exact) mass is 421 g/mol. The first-order valence-corrected chi connectivity index (χ1v) is 8.93. The van der Waals surface area contributed by atoms with E-state index in [4.69, 9.17) is 21.1 Å². The van der Waals surface area contributed by atoms with Crippen LogP contribution in [0.4, 0.5) is 13.2 Å². The van der Waals surface area contributed by atoms with Crippen LogP contribution in [0.1, 0.15) is 22.8 Å². The topological polar surface area (TPSA) is 48.4 Å². The Morgan fingerprint density at radius 1 is 1.10 bits per heavy atom. The van der Waals surface area contributed by atoms with Crippen LogP contribution in [-0.2, 0) is 6.18 Å². The van der Waals surface area contributed by atoms with Gasteiger partial charge >= 0.3 is 6.18 Å². The van der Waals surface area contributed by atoms with E-state index in [1.165, 1.54) is 12.1 Å². The highest BCUT2D eigenvalue weighted by molar-refractivity contribution is 6.31. The van der Waals surface area contributed by atoms with Gasteiger partial charge in [0.15, 0.2) is 0 Å². The van der Waals surface area contributed by atoms with Gasteiger partial charge in [0.1, 0.15) is 17.8 Å². The van der Waals surface area contributed by atoms with Gasteiger partial charge in [-0.2, -0.15) is 13.2 Å². The summed E-state index contributed by atoms with van der Waals surface area (Å²) in [5.74, 6) is 0.763. The highest BCUT2D eigenvalue weighted by atomic mass is 35.5. The van der Waals surface area contributed by atoms with E-state index in [1.54, 1.807) is 30.5 Å². The second-order valence-electron chi connectivity index (χ2n) is 5.90. The smallest absolute Gasteiger partial charge is 0.417 e. The lowest BCUT2D eigenvalue weighted by atomic mass is 10.0. The Hall–Kier alpha value is -3.06. The van der Waals surface area contributed by atoms with Crippen LogP contribution >= 0.6 is 11.6 Å². The van der Waals surface area contributed by atoms with Crippen molar-refractivity contribution in [2.24, 2.45) is 0 Å². The van der Waals surface area contributed by atoms with Gasteiger partial charge in [-0.05, 0) is 49.4 Å². The zero-order chi connectivity index (χ0) is 21.0. The third-order valence-corrected chi connectivity index (χ3v) is 4.27. The second-order valence-corrected chi connectivity index (χ2v) is 6.31. The second kappa shape index (κ2) is 8.53. The van der Waals surface area contributed by atoms with Gasteiger partial charge in [-0.3, -0.25) is 4.79 Å². The minimum Gasteiger partial charge on any atom is -0.478 e. The van der Waals surface area contributed by atoms with Crippen molar-refractivity contribution in [2.45, 2.75) is 13.1 Å². The number of pyridine rings is 1. The van der Waals surface area contributed by atoms with Gasteiger partial charge in [-0.15, -0.1) is 0 Å². The molecule has 3 aromatic rings. The number of nitrogens with zero attached hydrogens (tertiary/aromatic N) is 1. The van der Waals surface area contributed by atoms with Crippen LogP contribution < -0.4 is 9.47 Å². The molecule has 0 amide bonds. The molecule has 1 aromatic heterocycles. The van der Waals surface area contributed by atoms with E-state index in [-0.39, 0.29) is 5.75 Å². The average molecular weight is 422 g/mol. The fourth-order valence-corrected chi connectivity index (χ4v) is 2.96. The molecular weight excluding hydrogens is 407 g/mol. The lowest BCUT2D eigenvalue weighted by Gasteiger charge is -2.15. The molecule has 4 nitrogen and oxygen atoms in total. The number of benzene rings is 2. The summed E-state index contributed by atoms with van der Waals surface area (Å²) in [6.07, 6.45) is -2.32. The van der Waals surface area contributed by atoms with E-state index in [0.717, 1.165) is 12.1 Å². The van der Waals surface area contributed by atoms with E-state index < -0.39 is 16.8 Å². The van der Waals surface area contributed by atoms with Gasteiger partial charge in [0.05, 0.1) is 17.2 Å². The van der Waals surface area contributed by atoms with Crippen molar-refractivity contribution >= 4 is 17.9 Å². The van der Waals surface area contributed by atoms with Crippen LogP contribution in [0.5, 0.6) is 17.4 Å². The molecule has 29 heavy (non-hydrogen) atoms. The minimum atomic E-state index is -4.56. The normalized spacial score (nSPS) is 11.2. The maximum atomic E-state index is 12.9. The third-order valence-electron chi connectivity index (χ3n) is 3.96. The van der Waals surface area contributed by atoms with Gasteiger partial charge < -0.3 is 9.47 Å². The number of ether oxygens (including phenoxy) is 2. The summed E-state index contributed by atoms with van der Waals surface area (Å²) in [6, 6.07) is 11.2. The van der Waals surface area contributed by atoms with Crippen LogP contribution in [0.25, 0.3) is 11.1 Å². The summed E-state index contributed by atoms with van der Waals surface area (Å²) in [4.78, 5) is 15.4. The molecule has 150 valence electrons. The third kappa shape index (κ3) is 4.68. The summed E-state index contributed by atoms with van der Waals surface area (Å²) in [5, 5.41) is -0.475. The molecule has 0 saturated heterocycles. The van der Waals surface area contributed by atoms with E-state index in [9.17, 15) is 18.0 Å². The Bertz CT molecular complexity index is 1040. The maximum Gasteiger partial charge on any atom is 0.417 e. The Morgan fingerprint density at radius 2 is 1.90 bits per heavy atom. The standard InChI is InChI=1S/C21H15ClF3NO3/c1-2-28-20-15(4-3-9-26-20)16-10-13(12-27)5-8-19(16)29-14-6-7-17(18(22)11-14)21(23,24)25/h3-12H,2H2,1H3. The van der Waals surface area contributed by atoms with Crippen LogP contribution in [0, 0.1) is 0 Å². The number of hydrogen-bond donors (Lipinski definition) is 0. The molecule has 8 heteroatoms. The molecule has 0 saturated carbocycles. The number of alkyl halides is 3. The lowest BCUT2D eigenvalue weighted by molar-refractivity contribution is -0.137. The Morgan fingerprint density at radius 3 is 2.55 bits per heavy atom. The molecule has 0 aliphatic heterocycles. The Labute approximate surface area is 169 Å². The molecule has 0 aliphatic carbocycles. The van der Waals surface area contributed by atoms with Crippen molar-refractivity contribution in [3.8, 4) is 28.5 Å². The molecule has 0 unspecified atom stereocenters. The SMILES string of the molecule is CCOc1ncccc1-c1cc(C=O)ccc1Oc1ccc(C(F)(F)F)c(Cl)c1. The summed E-state index contributed by atoms with van der Waals surface area (Å²) in [6.45, 7) is 2.18. The van der Waals surface area contributed by atoms with E-state index in [2.05, 4.69) is 4.98 Å². The zero-order valence-corrected chi connectivity index (χ0v) is 15.9. The van der Waals surface area contributed by atoms with Gasteiger partial charge in [0, 0.05) is 29.0 Å². The molecule has 0 radical (unpaired) electrons. The van der Waals surface area contributed by atoms with Crippen molar-refractivity contribution in [3.63, 3.8) is 0 Å². The molecule has 0 bridgehead atoms. The summed E-state index contributed by atoms with van der Waals surface area (Å²) in [5.41, 5.74) is 0.520. The Kier molecular flexibility index (Phi) is 6.08. The molecule has 3 rings (SSSR count). The van der Waals surface area contributed by atoms with Gasteiger partial charge in [0.25, 0.3) is 0 Å². The van der Waals surface area contributed by atoms with Crippen LogP contribution in [-0.4, -0.2) is 17.9 Å². The molecule has 0 fully saturated rings. The number of aldehydes is 1. The fourth-order valence-electron chi connectivity index (χ4n) is 2.68. The molecule has 0 aliphatic rings. The molecule has 1 heterocycles. The number of hydrogen-bond acceptors (Lipinski definition) is 4. The maximum absolute atomic E-state index is 12.9. The van der Waals surface area contributed by atoms with Crippen LogP contribution in [0.3, 0.4) is 0 Å². The van der Waals surface area contributed by atoms with Crippen molar-refractivity contribution in [2.75, 3.05) is 6.61 Å². The van der Waals surface area contributed by atoms with E-state index in [0.29, 0.717) is 41.2 Å². The van der Waals surface area contributed by atoms with Crippen molar-refractivity contribution in [1.29, 1.82) is 0 Å². The number of rotatable bonds is 6. The predicted molar refractivity (Wildman–Crippen MR) is 103 cm³/mol.